The molecule has 3 aromatic carbocycles. The van der Waals surface area contributed by atoms with Crippen molar-refractivity contribution < 1.29 is 18.0 Å². The summed E-state index contributed by atoms with van der Waals surface area (Å²) >= 11 is 12.0. The summed E-state index contributed by atoms with van der Waals surface area (Å²) in [6, 6.07) is 18.6. The van der Waals surface area contributed by atoms with Crippen LogP contribution < -0.4 is 4.90 Å². The second kappa shape index (κ2) is 9.88. The van der Waals surface area contributed by atoms with Gasteiger partial charge in [-0.3, -0.25) is 9.59 Å². The Morgan fingerprint density at radius 3 is 2.26 bits per heavy atom. The van der Waals surface area contributed by atoms with Crippen LogP contribution in [0.25, 0.3) is 0 Å². The summed E-state index contributed by atoms with van der Waals surface area (Å²) in [7, 11) is -4.07. The first-order valence-corrected chi connectivity index (χ1v) is 12.8. The first kappa shape index (κ1) is 24.4. The largest absolute Gasteiger partial charge is 0.274 e. The maximum absolute atomic E-state index is 13.7. The molecule has 2 amide bonds. The first-order valence-electron chi connectivity index (χ1n) is 10.6. The highest BCUT2D eigenvalue weighted by atomic mass is 35.5. The standard InChI is InChI=1S/C25H22Cl2N2O4S/c1-17-5-11-22(12-6-17)34(32,33)28(14-13-18-3-2-4-20(27)15-18)23-16-24(30)29(25(23)31)21-9-7-19(26)8-10-21/h2-12,15,23H,13-14,16H2,1H3. The Hall–Kier alpha value is -2.71. The number of hydrogen-bond donors (Lipinski definition) is 0. The van der Waals surface area contributed by atoms with Crippen LogP contribution in [0.1, 0.15) is 17.5 Å². The van der Waals surface area contributed by atoms with Crippen molar-refractivity contribution in [2.45, 2.75) is 30.7 Å². The van der Waals surface area contributed by atoms with Gasteiger partial charge in [-0.25, -0.2) is 13.3 Å². The average Bonchev–Trinajstić information content (AvgIpc) is 3.08. The normalized spacial score (nSPS) is 16.5. The Kier molecular flexibility index (Phi) is 7.09. The SMILES string of the molecule is Cc1ccc(S(=O)(=O)N(CCc2cccc(Cl)c2)C2CC(=O)N(c3ccc(Cl)cc3)C2=O)cc1. The summed E-state index contributed by atoms with van der Waals surface area (Å²) < 4.78 is 28.5. The molecule has 4 rings (SSSR count). The number of anilines is 1. The van der Waals surface area contributed by atoms with E-state index in [-0.39, 0.29) is 17.9 Å². The summed E-state index contributed by atoms with van der Waals surface area (Å²) in [5.41, 5.74) is 2.08. The van der Waals surface area contributed by atoms with Crippen LogP contribution in [0.15, 0.2) is 77.7 Å². The number of carbonyl (C=O) groups is 2. The molecule has 0 saturated carbocycles. The van der Waals surface area contributed by atoms with Crippen molar-refractivity contribution >= 4 is 50.7 Å². The van der Waals surface area contributed by atoms with Gasteiger partial charge >= 0.3 is 0 Å². The summed E-state index contributed by atoms with van der Waals surface area (Å²) in [6.45, 7) is 1.87. The molecule has 1 aliphatic rings. The molecular weight excluding hydrogens is 495 g/mol. The molecule has 1 aliphatic heterocycles. The highest BCUT2D eigenvalue weighted by Crippen LogP contribution is 2.30. The molecule has 3 aromatic rings. The number of imide groups is 1. The minimum absolute atomic E-state index is 0.00863. The third-order valence-electron chi connectivity index (χ3n) is 5.69. The summed E-state index contributed by atoms with van der Waals surface area (Å²) in [4.78, 5) is 27.3. The number of hydrogen-bond acceptors (Lipinski definition) is 4. The molecule has 9 heteroatoms. The van der Waals surface area contributed by atoms with Gasteiger partial charge in [-0.15, -0.1) is 0 Å². The van der Waals surface area contributed by atoms with Crippen LogP contribution in [0, 0.1) is 6.92 Å². The lowest BCUT2D eigenvalue weighted by molar-refractivity contribution is -0.122. The molecule has 0 bridgehead atoms. The van der Waals surface area contributed by atoms with Crippen molar-refractivity contribution in [3.05, 3.63) is 94.0 Å². The Labute approximate surface area is 208 Å². The molecule has 176 valence electrons. The average molecular weight is 517 g/mol. The molecule has 0 aliphatic carbocycles. The fraction of sp³-hybridized carbons (Fsp3) is 0.200. The van der Waals surface area contributed by atoms with E-state index in [2.05, 4.69) is 0 Å². The molecule has 1 heterocycles. The Bertz CT molecular complexity index is 1330. The first-order chi connectivity index (χ1) is 16.2. The number of rotatable bonds is 7. The van der Waals surface area contributed by atoms with Crippen molar-refractivity contribution in [3.63, 3.8) is 0 Å². The van der Waals surface area contributed by atoms with E-state index in [1.807, 2.05) is 13.0 Å². The second-order valence-electron chi connectivity index (χ2n) is 8.07. The Morgan fingerprint density at radius 1 is 0.941 bits per heavy atom. The zero-order valence-electron chi connectivity index (χ0n) is 18.3. The highest BCUT2D eigenvalue weighted by molar-refractivity contribution is 7.89. The number of aryl methyl sites for hydroxylation is 1. The second-order valence-corrected chi connectivity index (χ2v) is 10.8. The predicted molar refractivity (Wildman–Crippen MR) is 133 cm³/mol. The van der Waals surface area contributed by atoms with Gasteiger partial charge in [-0.2, -0.15) is 4.31 Å². The molecule has 34 heavy (non-hydrogen) atoms. The van der Waals surface area contributed by atoms with Crippen molar-refractivity contribution in [3.8, 4) is 0 Å². The van der Waals surface area contributed by atoms with Crippen LogP contribution in [0.3, 0.4) is 0 Å². The molecular formula is C25H22Cl2N2O4S. The zero-order valence-corrected chi connectivity index (χ0v) is 20.6. The molecule has 1 fully saturated rings. The number of benzene rings is 3. The fourth-order valence-corrected chi connectivity index (χ4v) is 5.84. The van der Waals surface area contributed by atoms with Gasteiger partial charge in [0.25, 0.3) is 5.91 Å². The Morgan fingerprint density at radius 2 is 1.62 bits per heavy atom. The quantitative estimate of drug-likeness (QED) is 0.420. The molecule has 0 aromatic heterocycles. The van der Waals surface area contributed by atoms with E-state index in [1.54, 1.807) is 54.6 Å². The van der Waals surface area contributed by atoms with Gasteiger partial charge < -0.3 is 0 Å². The van der Waals surface area contributed by atoms with Gasteiger partial charge in [0.1, 0.15) is 6.04 Å². The number of sulfonamides is 1. The minimum Gasteiger partial charge on any atom is -0.274 e. The van der Waals surface area contributed by atoms with E-state index in [0.29, 0.717) is 22.2 Å². The van der Waals surface area contributed by atoms with Gasteiger partial charge in [-0.05, 0) is 67.4 Å². The molecule has 1 unspecified atom stereocenters. The van der Waals surface area contributed by atoms with Gasteiger partial charge in [0, 0.05) is 16.6 Å². The lowest BCUT2D eigenvalue weighted by Gasteiger charge is -2.27. The van der Waals surface area contributed by atoms with Crippen molar-refractivity contribution in [1.82, 2.24) is 4.31 Å². The van der Waals surface area contributed by atoms with Crippen molar-refractivity contribution in [1.29, 1.82) is 0 Å². The van der Waals surface area contributed by atoms with E-state index >= 15 is 0 Å². The van der Waals surface area contributed by atoms with Crippen LogP contribution in [0.4, 0.5) is 5.69 Å². The molecule has 0 N–H and O–H groups in total. The number of nitrogens with zero attached hydrogens (tertiary/aromatic N) is 2. The summed E-state index contributed by atoms with van der Waals surface area (Å²) in [5, 5.41) is 0.996. The van der Waals surface area contributed by atoms with E-state index in [4.69, 9.17) is 23.2 Å². The smallest absolute Gasteiger partial charge is 0.252 e. The van der Waals surface area contributed by atoms with Crippen LogP contribution in [0.5, 0.6) is 0 Å². The van der Waals surface area contributed by atoms with Crippen LogP contribution in [0.2, 0.25) is 10.0 Å². The van der Waals surface area contributed by atoms with Crippen molar-refractivity contribution in [2.24, 2.45) is 0 Å². The third-order valence-corrected chi connectivity index (χ3v) is 8.10. The zero-order chi connectivity index (χ0) is 24.5. The van der Waals surface area contributed by atoms with Crippen LogP contribution >= 0.6 is 23.2 Å². The number of amides is 2. The predicted octanol–water partition coefficient (Wildman–Crippen LogP) is 4.87. The number of halogens is 2. The fourth-order valence-electron chi connectivity index (χ4n) is 3.92. The summed E-state index contributed by atoms with van der Waals surface area (Å²) in [6.07, 6.45) is 0.0761. The van der Waals surface area contributed by atoms with E-state index in [0.717, 1.165) is 20.3 Å². The molecule has 0 radical (unpaired) electrons. The highest BCUT2D eigenvalue weighted by Gasteiger charge is 2.46. The minimum atomic E-state index is -4.07. The van der Waals surface area contributed by atoms with E-state index in [1.165, 1.54) is 12.1 Å². The van der Waals surface area contributed by atoms with Crippen LogP contribution in [-0.4, -0.2) is 37.1 Å². The lowest BCUT2D eigenvalue weighted by atomic mass is 10.1. The van der Waals surface area contributed by atoms with E-state index in [9.17, 15) is 18.0 Å². The molecule has 6 nitrogen and oxygen atoms in total. The summed E-state index contributed by atoms with van der Waals surface area (Å²) in [5.74, 6) is -1.06. The van der Waals surface area contributed by atoms with Gasteiger partial charge in [-0.1, -0.05) is 53.0 Å². The van der Waals surface area contributed by atoms with Crippen molar-refractivity contribution in [2.75, 3.05) is 11.4 Å². The maximum Gasteiger partial charge on any atom is 0.252 e. The van der Waals surface area contributed by atoms with E-state index < -0.39 is 27.9 Å². The molecule has 1 saturated heterocycles. The topological polar surface area (TPSA) is 74.8 Å². The van der Waals surface area contributed by atoms with Gasteiger partial charge in [0.2, 0.25) is 15.9 Å². The molecule has 1 atom stereocenters. The van der Waals surface area contributed by atoms with Gasteiger partial charge in [0.15, 0.2) is 0 Å². The lowest BCUT2D eigenvalue weighted by Crippen LogP contribution is -2.46. The molecule has 0 spiro atoms. The number of carbonyl (C=O) groups excluding carboxylic acids is 2. The maximum atomic E-state index is 13.7. The Balaban J connectivity index is 1.69. The third kappa shape index (κ3) is 5.03. The van der Waals surface area contributed by atoms with Crippen LogP contribution in [-0.2, 0) is 26.0 Å². The van der Waals surface area contributed by atoms with Gasteiger partial charge in [0.05, 0.1) is 17.0 Å². The monoisotopic (exact) mass is 516 g/mol.